The van der Waals surface area contributed by atoms with Gasteiger partial charge in [0.15, 0.2) is 0 Å². The second-order valence-electron chi connectivity index (χ2n) is 3.92. The van der Waals surface area contributed by atoms with Gasteiger partial charge in [-0.15, -0.1) is 0 Å². The lowest BCUT2D eigenvalue weighted by atomic mass is 10.2. The van der Waals surface area contributed by atoms with Crippen LogP contribution >= 0.6 is 73.9 Å². The van der Waals surface area contributed by atoms with Gasteiger partial charge in [0.1, 0.15) is 0 Å². The highest BCUT2D eigenvalue weighted by Gasteiger charge is 2.12. The lowest BCUT2D eigenvalue weighted by Crippen LogP contribution is -2.02. The van der Waals surface area contributed by atoms with Crippen LogP contribution in [-0.2, 0) is 6.54 Å². The van der Waals surface area contributed by atoms with Crippen molar-refractivity contribution in [2.75, 3.05) is 5.32 Å². The van der Waals surface area contributed by atoms with Gasteiger partial charge in [0.25, 0.3) is 0 Å². The Balaban J connectivity index is 2.28. The van der Waals surface area contributed by atoms with Gasteiger partial charge in [-0.25, -0.2) is 0 Å². The first kappa shape index (κ1) is 16.5. The smallest absolute Gasteiger partial charge is 0.0722 e. The first-order valence-corrected chi connectivity index (χ1v) is 8.09. The summed E-state index contributed by atoms with van der Waals surface area (Å²) in [4.78, 5) is 0. The Kier molecular flexibility index (Phi) is 5.75. The van der Waals surface area contributed by atoms with Crippen molar-refractivity contribution in [1.29, 1.82) is 0 Å². The minimum Gasteiger partial charge on any atom is -0.378 e. The second-order valence-corrected chi connectivity index (χ2v) is 6.84. The quantitative estimate of drug-likeness (QED) is 0.499. The minimum atomic E-state index is 0.360. The van der Waals surface area contributed by atoms with Gasteiger partial charge < -0.3 is 5.32 Å². The summed E-state index contributed by atoms with van der Waals surface area (Å²) in [5, 5.41) is 5.50. The molecule has 0 heterocycles. The van der Waals surface area contributed by atoms with Gasteiger partial charge in [0.05, 0.1) is 25.8 Å². The Morgan fingerprint density at radius 1 is 0.850 bits per heavy atom. The zero-order valence-corrected chi connectivity index (χ0v) is 15.1. The van der Waals surface area contributed by atoms with Crippen LogP contribution in [0.4, 0.5) is 5.69 Å². The van der Waals surface area contributed by atoms with Crippen LogP contribution < -0.4 is 5.32 Å². The van der Waals surface area contributed by atoms with Crippen molar-refractivity contribution >= 4 is 79.6 Å². The molecule has 7 heteroatoms. The monoisotopic (exact) mass is 431 g/mol. The van der Waals surface area contributed by atoms with Crippen molar-refractivity contribution in [3.8, 4) is 0 Å². The molecule has 0 fully saturated rings. The molecule has 0 atom stereocenters. The fourth-order valence-electron chi connectivity index (χ4n) is 1.62. The molecule has 0 saturated heterocycles. The zero-order chi connectivity index (χ0) is 14.9. The van der Waals surface area contributed by atoms with Crippen molar-refractivity contribution in [3.63, 3.8) is 0 Å². The summed E-state index contributed by atoms with van der Waals surface area (Å²) >= 11 is 33.8. The molecular weight excluding hydrogens is 427 g/mol. The maximum Gasteiger partial charge on any atom is 0.0722 e. The molecular formula is C13H7BrCl5N. The SMILES string of the molecule is Clc1ccc(Cl)c(CNc2c(Cl)cc(Br)cc2Cl)c1Cl. The molecule has 2 aromatic carbocycles. The van der Waals surface area contributed by atoms with Gasteiger partial charge in [0.2, 0.25) is 0 Å². The number of nitrogens with one attached hydrogen (secondary N) is 1. The van der Waals surface area contributed by atoms with E-state index in [2.05, 4.69) is 21.2 Å². The lowest BCUT2D eigenvalue weighted by molar-refractivity contribution is 1.15. The number of anilines is 1. The third kappa shape index (κ3) is 3.68. The predicted molar refractivity (Wildman–Crippen MR) is 93.0 cm³/mol. The molecule has 0 aliphatic rings. The summed E-state index contributed by atoms with van der Waals surface area (Å²) in [6.45, 7) is 0.360. The molecule has 0 aromatic heterocycles. The minimum absolute atomic E-state index is 0.360. The fraction of sp³-hybridized carbons (Fsp3) is 0.0769. The third-order valence-corrected chi connectivity index (χ3v) is 4.84. The lowest BCUT2D eigenvalue weighted by Gasteiger charge is -2.13. The largest absolute Gasteiger partial charge is 0.378 e. The van der Waals surface area contributed by atoms with Crippen LogP contribution in [-0.4, -0.2) is 0 Å². The number of rotatable bonds is 3. The molecule has 20 heavy (non-hydrogen) atoms. The molecule has 0 spiro atoms. The van der Waals surface area contributed by atoms with Crippen molar-refractivity contribution in [2.24, 2.45) is 0 Å². The molecule has 0 bridgehead atoms. The number of hydrogen-bond acceptors (Lipinski definition) is 1. The van der Waals surface area contributed by atoms with Crippen molar-refractivity contribution in [1.82, 2.24) is 0 Å². The van der Waals surface area contributed by atoms with E-state index in [1.807, 2.05) is 0 Å². The molecule has 0 aliphatic carbocycles. The van der Waals surface area contributed by atoms with Gasteiger partial charge in [-0.2, -0.15) is 0 Å². The van der Waals surface area contributed by atoms with Crippen molar-refractivity contribution < 1.29 is 0 Å². The van der Waals surface area contributed by atoms with E-state index < -0.39 is 0 Å². The average molecular weight is 434 g/mol. The molecule has 2 rings (SSSR count). The van der Waals surface area contributed by atoms with Gasteiger partial charge in [0, 0.05) is 21.6 Å². The molecule has 0 aliphatic heterocycles. The van der Waals surface area contributed by atoms with Crippen LogP contribution in [0.15, 0.2) is 28.7 Å². The standard InChI is InChI=1S/C13H7BrCl5N/c14-6-3-10(17)13(11(18)4-6)20-5-7-8(15)1-2-9(16)12(7)19/h1-4,20H,5H2. The van der Waals surface area contributed by atoms with Gasteiger partial charge >= 0.3 is 0 Å². The molecule has 0 unspecified atom stereocenters. The molecule has 0 saturated carbocycles. The van der Waals surface area contributed by atoms with Crippen molar-refractivity contribution in [2.45, 2.75) is 6.54 Å². The summed E-state index contributed by atoms with van der Waals surface area (Å²) in [5.74, 6) is 0. The molecule has 2 aromatic rings. The Labute approximate surface area is 150 Å². The molecule has 0 amide bonds. The Hall–Kier alpha value is 0.170. The normalized spacial score (nSPS) is 10.7. The average Bonchev–Trinajstić information content (AvgIpc) is 2.36. The van der Waals surface area contributed by atoms with Crippen LogP contribution in [0.25, 0.3) is 0 Å². The van der Waals surface area contributed by atoms with E-state index in [1.54, 1.807) is 24.3 Å². The van der Waals surface area contributed by atoms with Crippen molar-refractivity contribution in [3.05, 3.63) is 59.4 Å². The number of benzene rings is 2. The first-order chi connectivity index (χ1) is 9.40. The van der Waals surface area contributed by atoms with Crippen LogP contribution in [0.2, 0.25) is 25.1 Å². The topological polar surface area (TPSA) is 12.0 Å². The molecule has 1 N–H and O–H groups in total. The van der Waals surface area contributed by atoms with Gasteiger partial charge in [-0.1, -0.05) is 73.9 Å². The van der Waals surface area contributed by atoms with E-state index >= 15 is 0 Å². The highest BCUT2D eigenvalue weighted by Crippen LogP contribution is 2.36. The summed E-state index contributed by atoms with van der Waals surface area (Å²) < 4.78 is 0.803. The number of halogens is 6. The molecule has 1 nitrogen and oxygen atoms in total. The summed E-state index contributed by atoms with van der Waals surface area (Å²) in [7, 11) is 0. The fourth-order valence-corrected chi connectivity index (χ4v) is 3.64. The van der Waals surface area contributed by atoms with Crippen LogP contribution in [0.3, 0.4) is 0 Å². The Morgan fingerprint density at radius 2 is 1.40 bits per heavy atom. The van der Waals surface area contributed by atoms with E-state index in [1.165, 1.54) is 0 Å². The summed E-state index contributed by atoms with van der Waals surface area (Å²) in [5.41, 5.74) is 1.31. The zero-order valence-electron chi connectivity index (χ0n) is 9.78. The Bertz CT molecular complexity index is 636. The molecule has 0 radical (unpaired) electrons. The maximum atomic E-state index is 6.14. The highest BCUT2D eigenvalue weighted by molar-refractivity contribution is 9.10. The first-order valence-electron chi connectivity index (χ1n) is 5.41. The van der Waals surface area contributed by atoms with Gasteiger partial charge in [-0.05, 0) is 24.3 Å². The third-order valence-electron chi connectivity index (χ3n) is 2.59. The predicted octanol–water partition coefficient (Wildman–Crippen LogP) is 7.33. The number of hydrogen-bond donors (Lipinski definition) is 1. The van der Waals surface area contributed by atoms with Gasteiger partial charge in [-0.3, -0.25) is 0 Å². The Morgan fingerprint density at radius 3 is 2.00 bits per heavy atom. The second kappa shape index (κ2) is 6.95. The van der Waals surface area contributed by atoms with Crippen LogP contribution in [0.1, 0.15) is 5.56 Å². The summed E-state index contributed by atoms with van der Waals surface area (Å²) in [6.07, 6.45) is 0. The van der Waals surface area contributed by atoms with E-state index in [9.17, 15) is 0 Å². The van der Waals surface area contributed by atoms with E-state index in [0.717, 1.165) is 4.47 Å². The maximum absolute atomic E-state index is 6.14. The van der Waals surface area contributed by atoms with E-state index in [4.69, 9.17) is 58.0 Å². The van der Waals surface area contributed by atoms with E-state index in [0.29, 0.717) is 42.9 Å². The highest BCUT2D eigenvalue weighted by atomic mass is 79.9. The summed E-state index contributed by atoms with van der Waals surface area (Å²) in [6, 6.07) is 6.83. The van der Waals surface area contributed by atoms with Crippen LogP contribution in [0, 0.1) is 0 Å². The van der Waals surface area contributed by atoms with E-state index in [-0.39, 0.29) is 0 Å². The molecule has 106 valence electrons. The van der Waals surface area contributed by atoms with Crippen LogP contribution in [0.5, 0.6) is 0 Å².